The summed E-state index contributed by atoms with van der Waals surface area (Å²) in [7, 11) is -3.69. The number of sulfonamides is 1. The molecule has 0 amide bonds. The van der Waals surface area contributed by atoms with Gasteiger partial charge in [-0.05, 0) is 58.4 Å². The van der Waals surface area contributed by atoms with Crippen LogP contribution in [0.1, 0.15) is 24.2 Å². The number of hydrogen-bond donors (Lipinski definition) is 0. The minimum absolute atomic E-state index is 0.0430. The zero-order chi connectivity index (χ0) is 18.6. The van der Waals surface area contributed by atoms with Crippen LogP contribution in [0.15, 0.2) is 56.3 Å². The van der Waals surface area contributed by atoms with Crippen molar-refractivity contribution in [3.8, 4) is 5.75 Å². The normalized spacial score (nSPS) is 11.6. The molecule has 2 aromatic rings. The van der Waals surface area contributed by atoms with E-state index in [1.165, 1.54) is 22.5 Å². The van der Waals surface area contributed by atoms with Crippen molar-refractivity contribution in [2.75, 3.05) is 13.1 Å². The van der Waals surface area contributed by atoms with Crippen LogP contribution in [0.2, 0.25) is 0 Å². The highest BCUT2D eigenvalue weighted by Gasteiger charge is 2.25. The number of carbonyl (C=O) groups excluding carboxylic acids is 1. The number of nitrogens with zero attached hydrogens (tertiary/aromatic N) is 1. The Morgan fingerprint density at radius 2 is 1.64 bits per heavy atom. The topological polar surface area (TPSA) is 63.7 Å². The first-order chi connectivity index (χ1) is 11.8. The molecule has 0 aliphatic rings. The largest absolute Gasteiger partial charge is 0.423 e. The van der Waals surface area contributed by atoms with Crippen molar-refractivity contribution in [1.82, 2.24) is 4.31 Å². The smallest absolute Gasteiger partial charge is 0.343 e. The number of benzene rings is 2. The maximum atomic E-state index is 12.7. The van der Waals surface area contributed by atoms with Gasteiger partial charge in [0.1, 0.15) is 5.75 Å². The van der Waals surface area contributed by atoms with Gasteiger partial charge >= 0.3 is 5.97 Å². The lowest BCUT2D eigenvalue weighted by atomic mass is 10.2. The van der Waals surface area contributed by atoms with Crippen molar-refractivity contribution < 1.29 is 17.9 Å². The second-order valence-corrected chi connectivity index (χ2v) is 8.75. The summed E-state index contributed by atoms with van der Waals surface area (Å²) in [6.45, 7) is 4.22. The first-order valence-electron chi connectivity index (χ1n) is 7.57. The molecule has 0 aromatic heterocycles. The van der Waals surface area contributed by atoms with Crippen LogP contribution in [0.3, 0.4) is 0 Å². The molecule has 2 aromatic carbocycles. The van der Waals surface area contributed by atoms with Gasteiger partial charge < -0.3 is 4.74 Å². The molecule has 0 bridgehead atoms. The Morgan fingerprint density at radius 1 is 1.04 bits per heavy atom. The summed E-state index contributed by atoms with van der Waals surface area (Å²) < 4.78 is 33.3. The van der Waals surface area contributed by atoms with Crippen molar-refractivity contribution in [2.24, 2.45) is 0 Å². The van der Waals surface area contributed by atoms with Gasteiger partial charge in [-0.15, -0.1) is 0 Å². The highest BCUT2D eigenvalue weighted by Crippen LogP contribution is 2.27. The average molecular weight is 491 g/mol. The van der Waals surface area contributed by atoms with E-state index in [2.05, 4.69) is 31.9 Å². The summed E-state index contributed by atoms with van der Waals surface area (Å²) in [5.41, 5.74) is 0.164. The molecule has 0 atom stereocenters. The number of hydrogen-bond acceptors (Lipinski definition) is 4. The molecule has 25 heavy (non-hydrogen) atoms. The summed E-state index contributed by atoms with van der Waals surface area (Å²) in [5.74, 6) is -0.241. The Morgan fingerprint density at radius 3 is 2.20 bits per heavy atom. The third-order valence-corrected chi connectivity index (χ3v) is 7.09. The predicted molar refractivity (Wildman–Crippen MR) is 103 cm³/mol. The lowest BCUT2D eigenvalue weighted by Crippen LogP contribution is -2.31. The summed E-state index contributed by atoms with van der Waals surface area (Å²) >= 11 is 6.56. The van der Waals surface area contributed by atoms with Crippen molar-refractivity contribution >= 4 is 47.9 Å². The average Bonchev–Trinajstić information content (AvgIpc) is 2.58. The number of halogens is 2. The van der Waals surface area contributed by atoms with E-state index >= 15 is 0 Å². The second kappa shape index (κ2) is 8.44. The number of rotatable bonds is 6. The number of carbonyl (C=O) groups is 1. The van der Waals surface area contributed by atoms with Gasteiger partial charge in [0.2, 0.25) is 10.0 Å². The lowest BCUT2D eigenvalue weighted by molar-refractivity contribution is 0.0734. The van der Waals surface area contributed by atoms with Crippen molar-refractivity contribution in [3.63, 3.8) is 0 Å². The molecule has 8 heteroatoms. The molecular weight excluding hydrogens is 474 g/mol. The van der Waals surface area contributed by atoms with Crippen LogP contribution < -0.4 is 4.74 Å². The lowest BCUT2D eigenvalue weighted by Gasteiger charge is -2.19. The van der Waals surface area contributed by atoms with Crippen LogP contribution in [-0.4, -0.2) is 31.8 Å². The maximum absolute atomic E-state index is 12.7. The molecule has 0 N–H and O–H groups in total. The molecule has 134 valence electrons. The first-order valence-corrected chi connectivity index (χ1v) is 10.6. The molecule has 2 rings (SSSR count). The van der Waals surface area contributed by atoms with E-state index in [0.717, 1.165) is 4.47 Å². The monoisotopic (exact) mass is 489 g/mol. The Balaban J connectivity index is 2.35. The summed E-state index contributed by atoms with van der Waals surface area (Å²) in [6.07, 6.45) is 0. The van der Waals surface area contributed by atoms with Crippen molar-refractivity contribution in [1.29, 1.82) is 0 Å². The molecular formula is C17H17Br2NO4S. The molecule has 0 saturated heterocycles. The zero-order valence-corrected chi connectivity index (χ0v) is 17.7. The molecule has 0 radical (unpaired) electrons. The van der Waals surface area contributed by atoms with Crippen molar-refractivity contribution in [2.45, 2.75) is 18.7 Å². The Labute approximate surface area is 164 Å². The van der Waals surface area contributed by atoms with Crippen LogP contribution >= 0.6 is 31.9 Å². The summed E-state index contributed by atoms with van der Waals surface area (Å²) in [5, 5.41) is 0. The predicted octanol–water partition coefficient (Wildman–Crippen LogP) is 4.46. The fourth-order valence-corrected chi connectivity index (χ4v) is 4.87. The summed E-state index contributed by atoms with van der Waals surface area (Å²) in [4.78, 5) is 12.4. The van der Waals surface area contributed by atoms with Gasteiger partial charge in [0.25, 0.3) is 0 Å². The SMILES string of the molecule is CCN(CC)S(=O)(=O)c1cc(C(=O)Oc2ccc(Br)cc2)ccc1Br. The number of esters is 1. The zero-order valence-electron chi connectivity index (χ0n) is 13.7. The van der Waals surface area contributed by atoms with E-state index in [-0.39, 0.29) is 10.5 Å². The fourth-order valence-electron chi connectivity index (χ4n) is 2.20. The third-order valence-electron chi connectivity index (χ3n) is 3.51. The van der Waals surface area contributed by atoms with Crippen LogP contribution in [0, 0.1) is 0 Å². The van der Waals surface area contributed by atoms with Crippen LogP contribution in [0.5, 0.6) is 5.75 Å². The van der Waals surface area contributed by atoms with E-state index in [4.69, 9.17) is 4.74 Å². The molecule has 0 unspecified atom stereocenters. The molecule has 0 saturated carbocycles. The van der Waals surface area contributed by atoms with Gasteiger partial charge in [0.05, 0.1) is 10.5 Å². The van der Waals surface area contributed by atoms with E-state index in [1.54, 1.807) is 38.1 Å². The molecule has 0 aliphatic heterocycles. The van der Waals surface area contributed by atoms with Gasteiger partial charge in [0.15, 0.2) is 0 Å². The summed E-state index contributed by atoms with van der Waals surface area (Å²) in [6, 6.07) is 11.2. The van der Waals surface area contributed by atoms with Gasteiger partial charge in [-0.1, -0.05) is 29.8 Å². The first kappa shape index (κ1) is 20.1. The minimum Gasteiger partial charge on any atom is -0.423 e. The van der Waals surface area contributed by atoms with Crippen LogP contribution in [0.25, 0.3) is 0 Å². The van der Waals surface area contributed by atoms with Crippen LogP contribution in [-0.2, 0) is 10.0 Å². The van der Waals surface area contributed by atoms with Crippen LogP contribution in [0.4, 0.5) is 0 Å². The molecule has 0 fully saturated rings. The Bertz CT molecular complexity index is 863. The van der Waals surface area contributed by atoms with Gasteiger partial charge in [-0.2, -0.15) is 4.31 Å². The van der Waals surface area contributed by atoms with E-state index in [0.29, 0.717) is 23.3 Å². The molecule has 5 nitrogen and oxygen atoms in total. The van der Waals surface area contributed by atoms with E-state index in [9.17, 15) is 13.2 Å². The third kappa shape index (κ3) is 4.69. The molecule has 0 heterocycles. The standard InChI is InChI=1S/C17H17Br2NO4S/c1-3-20(4-2)25(22,23)16-11-12(5-10-15(16)19)17(21)24-14-8-6-13(18)7-9-14/h5-11H,3-4H2,1-2H3. The molecule has 0 aliphatic carbocycles. The Kier molecular flexibility index (Phi) is 6.79. The van der Waals surface area contributed by atoms with E-state index < -0.39 is 16.0 Å². The second-order valence-electron chi connectivity index (χ2n) is 5.08. The Hall–Kier alpha value is -1.22. The van der Waals surface area contributed by atoms with Gasteiger partial charge in [-0.3, -0.25) is 0 Å². The molecule has 0 spiro atoms. The quantitative estimate of drug-likeness (QED) is 0.443. The van der Waals surface area contributed by atoms with Gasteiger partial charge in [0, 0.05) is 22.0 Å². The minimum atomic E-state index is -3.69. The van der Waals surface area contributed by atoms with Crippen molar-refractivity contribution in [3.05, 3.63) is 57.0 Å². The number of ether oxygens (including phenoxy) is 1. The maximum Gasteiger partial charge on any atom is 0.343 e. The highest BCUT2D eigenvalue weighted by molar-refractivity contribution is 9.10. The highest BCUT2D eigenvalue weighted by atomic mass is 79.9. The van der Waals surface area contributed by atoms with E-state index in [1.807, 2.05) is 0 Å². The fraction of sp³-hybridized carbons (Fsp3) is 0.235. The van der Waals surface area contributed by atoms with Gasteiger partial charge in [-0.25, -0.2) is 13.2 Å².